The average molecular weight is 304 g/mol. The van der Waals surface area contributed by atoms with Crippen molar-refractivity contribution in [2.24, 2.45) is 5.92 Å². The molecule has 6 nitrogen and oxygen atoms in total. The van der Waals surface area contributed by atoms with Crippen molar-refractivity contribution in [3.05, 3.63) is 0 Å². The summed E-state index contributed by atoms with van der Waals surface area (Å²) in [4.78, 5) is 22.1. The highest BCUT2D eigenvalue weighted by atomic mass is 17.2. The van der Waals surface area contributed by atoms with Gasteiger partial charge in [0.15, 0.2) is 0 Å². The third-order valence-electron chi connectivity index (χ3n) is 3.90. The third-order valence-corrected chi connectivity index (χ3v) is 3.90. The summed E-state index contributed by atoms with van der Waals surface area (Å²) in [6.45, 7) is 5.55. The molecule has 1 N–H and O–H groups in total. The Morgan fingerprint density at radius 1 is 1.29 bits per heavy atom. The topological polar surface area (TPSA) is 74.2 Å². The van der Waals surface area contributed by atoms with Crippen LogP contribution in [-0.2, 0) is 19.2 Å². The molecule has 124 valence electrons. The molecule has 0 aromatic rings. The van der Waals surface area contributed by atoms with Gasteiger partial charge in [0.1, 0.15) is 6.10 Å². The van der Waals surface area contributed by atoms with Gasteiger partial charge in [0.05, 0.1) is 6.10 Å². The molecule has 0 radical (unpaired) electrons. The number of ether oxygens (including phenoxy) is 2. The Morgan fingerprint density at radius 2 is 1.90 bits per heavy atom. The molecule has 0 aromatic heterocycles. The lowest BCUT2D eigenvalue weighted by molar-refractivity contribution is -0.465. The SMILES string of the molecule is CCC(OC)C(OOC(C)C)(OC(=O)O)C1CCCCC1. The molecular weight excluding hydrogens is 276 g/mol. The van der Waals surface area contributed by atoms with E-state index in [2.05, 4.69) is 0 Å². The molecule has 0 aliphatic heterocycles. The highest BCUT2D eigenvalue weighted by molar-refractivity contribution is 5.57. The van der Waals surface area contributed by atoms with Crippen molar-refractivity contribution in [2.75, 3.05) is 7.11 Å². The van der Waals surface area contributed by atoms with E-state index >= 15 is 0 Å². The van der Waals surface area contributed by atoms with E-state index in [0.29, 0.717) is 6.42 Å². The molecule has 1 aliphatic carbocycles. The van der Waals surface area contributed by atoms with E-state index in [-0.39, 0.29) is 12.0 Å². The van der Waals surface area contributed by atoms with Gasteiger partial charge in [-0.2, -0.15) is 4.89 Å². The van der Waals surface area contributed by atoms with Gasteiger partial charge in [0, 0.05) is 13.0 Å². The molecule has 0 spiro atoms. The fraction of sp³-hybridized carbons (Fsp3) is 0.933. The van der Waals surface area contributed by atoms with Gasteiger partial charge >= 0.3 is 6.16 Å². The second kappa shape index (κ2) is 8.56. The van der Waals surface area contributed by atoms with Crippen LogP contribution in [-0.4, -0.2) is 36.4 Å². The summed E-state index contributed by atoms with van der Waals surface area (Å²) in [6, 6.07) is 0. The van der Waals surface area contributed by atoms with Crippen LogP contribution in [0.2, 0.25) is 0 Å². The largest absolute Gasteiger partial charge is 0.508 e. The normalized spacial score (nSPS) is 21.0. The van der Waals surface area contributed by atoms with Gasteiger partial charge in [0.2, 0.25) is 0 Å². The minimum absolute atomic E-state index is 0.0639. The Labute approximate surface area is 126 Å². The predicted molar refractivity (Wildman–Crippen MR) is 76.8 cm³/mol. The molecule has 1 fully saturated rings. The van der Waals surface area contributed by atoms with Crippen LogP contribution in [0.15, 0.2) is 0 Å². The smallest absolute Gasteiger partial charge is 0.450 e. The maximum Gasteiger partial charge on any atom is 0.508 e. The number of hydrogen-bond acceptors (Lipinski definition) is 5. The first-order valence-electron chi connectivity index (χ1n) is 7.75. The molecule has 0 bridgehead atoms. The number of methoxy groups -OCH3 is 1. The fourth-order valence-electron chi connectivity index (χ4n) is 2.98. The zero-order valence-corrected chi connectivity index (χ0v) is 13.5. The lowest BCUT2D eigenvalue weighted by Gasteiger charge is -2.43. The Hall–Kier alpha value is -0.850. The van der Waals surface area contributed by atoms with E-state index in [1.807, 2.05) is 20.8 Å². The molecule has 21 heavy (non-hydrogen) atoms. The van der Waals surface area contributed by atoms with Crippen LogP contribution < -0.4 is 0 Å². The van der Waals surface area contributed by atoms with Crippen molar-refractivity contribution in [1.29, 1.82) is 0 Å². The Bertz CT molecular complexity index is 309. The van der Waals surface area contributed by atoms with Gasteiger partial charge in [-0.25, -0.2) is 9.68 Å². The Morgan fingerprint density at radius 3 is 2.33 bits per heavy atom. The van der Waals surface area contributed by atoms with Crippen molar-refractivity contribution in [2.45, 2.75) is 77.3 Å². The summed E-state index contributed by atoms with van der Waals surface area (Å²) in [5.41, 5.74) is 0. The number of hydrogen-bond donors (Lipinski definition) is 1. The molecule has 0 aromatic carbocycles. The zero-order valence-electron chi connectivity index (χ0n) is 13.5. The maximum absolute atomic E-state index is 11.2. The second-order valence-corrected chi connectivity index (χ2v) is 5.79. The molecule has 0 amide bonds. The van der Waals surface area contributed by atoms with Crippen molar-refractivity contribution in [3.8, 4) is 0 Å². The molecule has 1 saturated carbocycles. The minimum atomic E-state index is -1.40. The number of rotatable bonds is 8. The monoisotopic (exact) mass is 304 g/mol. The first kappa shape index (κ1) is 18.2. The lowest BCUT2D eigenvalue weighted by atomic mass is 9.80. The van der Waals surface area contributed by atoms with Crippen LogP contribution in [0.25, 0.3) is 0 Å². The zero-order chi connectivity index (χ0) is 15.9. The van der Waals surface area contributed by atoms with Crippen molar-refractivity contribution < 1.29 is 29.1 Å². The highest BCUT2D eigenvalue weighted by Gasteiger charge is 2.52. The minimum Gasteiger partial charge on any atom is -0.450 e. The number of carboxylic acid groups (broad SMARTS) is 1. The van der Waals surface area contributed by atoms with Crippen molar-refractivity contribution >= 4 is 6.16 Å². The summed E-state index contributed by atoms with van der Waals surface area (Å²) < 4.78 is 10.7. The third kappa shape index (κ3) is 4.83. The van der Waals surface area contributed by atoms with Crippen molar-refractivity contribution in [1.82, 2.24) is 0 Å². The lowest BCUT2D eigenvalue weighted by Crippen LogP contribution is -2.55. The summed E-state index contributed by atoms with van der Waals surface area (Å²) in [6.07, 6.45) is 3.39. The first-order chi connectivity index (χ1) is 9.96. The van der Waals surface area contributed by atoms with Gasteiger partial charge in [-0.05, 0) is 33.1 Å². The number of carbonyl (C=O) groups is 1. The van der Waals surface area contributed by atoms with Gasteiger partial charge in [-0.1, -0.05) is 26.2 Å². The van der Waals surface area contributed by atoms with Gasteiger partial charge < -0.3 is 14.6 Å². The Balaban J connectivity index is 3.06. The molecule has 6 heteroatoms. The molecule has 2 atom stereocenters. The van der Waals surface area contributed by atoms with Crippen LogP contribution in [0.5, 0.6) is 0 Å². The van der Waals surface area contributed by atoms with E-state index in [1.165, 1.54) is 7.11 Å². The van der Waals surface area contributed by atoms with E-state index in [4.69, 9.17) is 19.2 Å². The van der Waals surface area contributed by atoms with E-state index in [9.17, 15) is 9.90 Å². The van der Waals surface area contributed by atoms with E-state index in [0.717, 1.165) is 32.1 Å². The maximum atomic E-state index is 11.2. The standard InChI is InChI=1S/C15H28O6/c1-5-13(18-4)15(19-14(16)17,21-20-11(2)3)12-9-7-6-8-10-12/h11-13H,5-10H2,1-4H3,(H,16,17). The summed E-state index contributed by atoms with van der Waals surface area (Å²) >= 11 is 0. The fourth-order valence-corrected chi connectivity index (χ4v) is 2.98. The Kier molecular flexibility index (Phi) is 7.42. The summed E-state index contributed by atoms with van der Waals surface area (Å²) in [5.74, 6) is -1.47. The van der Waals surface area contributed by atoms with Crippen LogP contribution in [0.3, 0.4) is 0 Å². The van der Waals surface area contributed by atoms with Crippen LogP contribution in [0.1, 0.15) is 59.3 Å². The van der Waals surface area contributed by atoms with Gasteiger partial charge in [0.25, 0.3) is 5.79 Å². The molecule has 1 aliphatic rings. The molecule has 2 unspecified atom stereocenters. The summed E-state index contributed by atoms with van der Waals surface area (Å²) in [5, 5.41) is 9.17. The van der Waals surface area contributed by atoms with Crippen LogP contribution in [0, 0.1) is 5.92 Å². The average Bonchev–Trinajstić information content (AvgIpc) is 2.46. The van der Waals surface area contributed by atoms with Crippen molar-refractivity contribution in [3.63, 3.8) is 0 Å². The quantitative estimate of drug-likeness (QED) is 0.319. The highest BCUT2D eigenvalue weighted by Crippen LogP contribution is 2.40. The van der Waals surface area contributed by atoms with E-state index < -0.39 is 18.0 Å². The van der Waals surface area contributed by atoms with Crippen LogP contribution >= 0.6 is 0 Å². The van der Waals surface area contributed by atoms with Gasteiger partial charge in [-0.15, -0.1) is 0 Å². The second-order valence-electron chi connectivity index (χ2n) is 5.79. The van der Waals surface area contributed by atoms with Gasteiger partial charge in [-0.3, -0.25) is 0 Å². The molecule has 0 saturated heterocycles. The molecule has 1 rings (SSSR count). The van der Waals surface area contributed by atoms with Crippen LogP contribution in [0.4, 0.5) is 4.79 Å². The first-order valence-corrected chi connectivity index (χ1v) is 7.75. The molecule has 0 heterocycles. The summed E-state index contributed by atoms with van der Waals surface area (Å²) in [7, 11) is 1.54. The predicted octanol–water partition coefficient (Wildman–Crippen LogP) is 3.74. The van der Waals surface area contributed by atoms with E-state index in [1.54, 1.807) is 0 Å². The molecular formula is C15H28O6.